The van der Waals surface area contributed by atoms with Gasteiger partial charge in [0.1, 0.15) is 11.8 Å². The Balaban J connectivity index is 1.94. The molecule has 1 fully saturated rings. The van der Waals surface area contributed by atoms with Gasteiger partial charge in [-0.2, -0.15) is 0 Å². The Bertz CT molecular complexity index is 927. The van der Waals surface area contributed by atoms with Crippen LogP contribution in [0.5, 0.6) is 5.75 Å². The van der Waals surface area contributed by atoms with Crippen LogP contribution in [-0.2, 0) is 4.79 Å². The Morgan fingerprint density at radius 2 is 1.75 bits per heavy atom. The molecule has 1 aliphatic rings. The fraction of sp³-hybridized carbons (Fsp3) is 0.417. The molecule has 3 rings (SSSR count). The number of nitrogens with zero attached hydrogens (tertiary/aromatic N) is 2. The molecular formula is C24H31ClN4O3. The summed E-state index contributed by atoms with van der Waals surface area (Å²) in [5.74, 6) is 0.203. The third kappa shape index (κ3) is 5.53. The fourth-order valence-electron chi connectivity index (χ4n) is 4.14. The van der Waals surface area contributed by atoms with E-state index in [1.54, 1.807) is 42.5 Å². The normalized spacial score (nSPS) is 15.9. The van der Waals surface area contributed by atoms with Crippen molar-refractivity contribution in [3.05, 3.63) is 59.1 Å². The molecule has 3 N–H and O–H groups in total. The van der Waals surface area contributed by atoms with Crippen LogP contribution >= 0.6 is 11.6 Å². The molecule has 1 unspecified atom stereocenters. The molecule has 0 aliphatic carbocycles. The lowest BCUT2D eigenvalue weighted by molar-refractivity contribution is -0.123. The molecule has 7 nitrogen and oxygen atoms in total. The van der Waals surface area contributed by atoms with Crippen molar-refractivity contribution in [3.8, 4) is 5.75 Å². The topological polar surface area (TPSA) is 87.9 Å². The zero-order chi connectivity index (χ0) is 23.3. The van der Waals surface area contributed by atoms with E-state index >= 15 is 0 Å². The minimum atomic E-state index is -0.993. The summed E-state index contributed by atoms with van der Waals surface area (Å²) in [6.45, 7) is 6.18. The number of carbonyl (C=O) groups is 2. The molecule has 0 spiro atoms. The van der Waals surface area contributed by atoms with Gasteiger partial charge in [-0.3, -0.25) is 9.69 Å². The second-order valence-corrected chi connectivity index (χ2v) is 8.68. The van der Waals surface area contributed by atoms with Crippen molar-refractivity contribution in [2.24, 2.45) is 5.73 Å². The van der Waals surface area contributed by atoms with E-state index in [0.29, 0.717) is 28.1 Å². The number of ether oxygens (including phenoxy) is 1. The van der Waals surface area contributed by atoms with Crippen LogP contribution < -0.4 is 20.7 Å². The Labute approximate surface area is 194 Å². The van der Waals surface area contributed by atoms with Gasteiger partial charge in [0.2, 0.25) is 5.91 Å². The summed E-state index contributed by atoms with van der Waals surface area (Å²) in [4.78, 5) is 29.9. The summed E-state index contributed by atoms with van der Waals surface area (Å²) in [7, 11) is 1.53. The summed E-state index contributed by atoms with van der Waals surface area (Å²) in [5.41, 5.74) is 6.82. The van der Waals surface area contributed by atoms with Crippen LogP contribution in [0.15, 0.2) is 48.5 Å². The number of nitrogens with one attached hydrogen (secondary N) is 1. The van der Waals surface area contributed by atoms with Crippen LogP contribution in [0.4, 0.5) is 10.5 Å². The number of amides is 3. The molecule has 1 aliphatic heterocycles. The number of hydrogen-bond acceptors (Lipinski definition) is 4. The van der Waals surface area contributed by atoms with Crippen molar-refractivity contribution in [1.29, 1.82) is 0 Å². The number of hydrogen-bond donors (Lipinski definition) is 2. The first-order valence-corrected chi connectivity index (χ1v) is 11.2. The van der Waals surface area contributed by atoms with Gasteiger partial charge in [-0.25, -0.2) is 4.79 Å². The highest BCUT2D eigenvalue weighted by Crippen LogP contribution is 2.34. The van der Waals surface area contributed by atoms with Crippen LogP contribution in [0.3, 0.4) is 0 Å². The van der Waals surface area contributed by atoms with E-state index < -0.39 is 12.1 Å². The number of benzene rings is 2. The van der Waals surface area contributed by atoms with E-state index in [9.17, 15) is 9.59 Å². The largest absolute Gasteiger partial charge is 0.496 e. The lowest BCUT2D eigenvalue weighted by Crippen LogP contribution is -2.51. The summed E-state index contributed by atoms with van der Waals surface area (Å²) in [6, 6.07) is 12.6. The molecule has 172 valence electrons. The molecule has 2 aromatic rings. The van der Waals surface area contributed by atoms with E-state index in [2.05, 4.69) is 24.1 Å². The number of rotatable bonds is 7. The summed E-state index contributed by atoms with van der Waals surface area (Å²) in [5, 5.41) is 3.67. The molecule has 1 heterocycles. The molecule has 0 aromatic heterocycles. The molecule has 0 bridgehead atoms. The number of para-hydroxylation sites is 1. The van der Waals surface area contributed by atoms with Gasteiger partial charge in [-0.1, -0.05) is 29.8 Å². The second-order valence-electron chi connectivity index (χ2n) is 8.24. The van der Waals surface area contributed by atoms with E-state index in [0.717, 1.165) is 25.9 Å². The van der Waals surface area contributed by atoms with Crippen molar-refractivity contribution >= 4 is 29.2 Å². The average molecular weight is 459 g/mol. The first-order chi connectivity index (χ1) is 15.3. The van der Waals surface area contributed by atoms with Gasteiger partial charge in [-0.15, -0.1) is 0 Å². The Hall–Kier alpha value is -2.77. The van der Waals surface area contributed by atoms with E-state index in [4.69, 9.17) is 22.1 Å². The van der Waals surface area contributed by atoms with E-state index in [1.165, 1.54) is 12.0 Å². The van der Waals surface area contributed by atoms with Crippen LogP contribution in [0.1, 0.15) is 38.3 Å². The number of primary amides is 1. The number of urea groups is 1. The van der Waals surface area contributed by atoms with Crippen molar-refractivity contribution in [2.75, 3.05) is 25.1 Å². The quantitative estimate of drug-likeness (QED) is 0.657. The maximum atomic E-state index is 13.6. The van der Waals surface area contributed by atoms with E-state index in [1.807, 2.05) is 6.07 Å². The van der Waals surface area contributed by atoms with Gasteiger partial charge in [0.05, 0.1) is 7.11 Å². The number of carbonyl (C=O) groups excluding carboxylic acids is 2. The third-order valence-corrected chi connectivity index (χ3v) is 6.14. The highest BCUT2D eigenvalue weighted by atomic mass is 35.5. The van der Waals surface area contributed by atoms with Gasteiger partial charge in [-0.05, 0) is 57.0 Å². The van der Waals surface area contributed by atoms with Crippen molar-refractivity contribution in [2.45, 2.75) is 44.8 Å². The SMILES string of the molecule is COc1ccccc1C(C(=O)NC1CCN(C(C)C)CC1)N(C(N)=O)c1ccc(Cl)cc1. The zero-order valence-electron chi connectivity index (χ0n) is 18.8. The first kappa shape index (κ1) is 23.9. The standard InChI is InChI=1S/C24H31ClN4O3/c1-16(2)28-14-12-18(13-15-28)27-23(30)22(20-6-4-5-7-21(20)32-3)29(24(26)31)19-10-8-17(25)9-11-19/h4-11,16,18,22H,12-15H2,1-3H3,(H2,26,31)(H,27,30). The predicted octanol–water partition coefficient (Wildman–Crippen LogP) is 3.96. The van der Waals surface area contributed by atoms with Crippen molar-refractivity contribution in [1.82, 2.24) is 10.2 Å². The fourth-order valence-corrected chi connectivity index (χ4v) is 4.26. The maximum absolute atomic E-state index is 13.6. The van der Waals surface area contributed by atoms with Crippen LogP contribution in [-0.4, -0.2) is 49.1 Å². The molecule has 0 radical (unpaired) electrons. The molecule has 3 amide bonds. The van der Waals surface area contributed by atoms with Crippen LogP contribution in [0, 0.1) is 0 Å². The molecule has 32 heavy (non-hydrogen) atoms. The highest BCUT2D eigenvalue weighted by Gasteiger charge is 2.35. The Morgan fingerprint density at radius 3 is 2.31 bits per heavy atom. The minimum absolute atomic E-state index is 0.0228. The number of anilines is 1. The molecule has 8 heteroatoms. The maximum Gasteiger partial charge on any atom is 0.320 e. The first-order valence-electron chi connectivity index (χ1n) is 10.8. The number of halogens is 1. The summed E-state index contributed by atoms with van der Waals surface area (Å²) < 4.78 is 5.51. The van der Waals surface area contributed by atoms with Gasteiger partial charge in [0.25, 0.3) is 0 Å². The smallest absolute Gasteiger partial charge is 0.320 e. The molecular weight excluding hydrogens is 428 g/mol. The molecule has 2 aromatic carbocycles. The second kappa shape index (κ2) is 10.7. The highest BCUT2D eigenvalue weighted by molar-refractivity contribution is 6.30. The predicted molar refractivity (Wildman–Crippen MR) is 127 cm³/mol. The number of nitrogens with two attached hydrogens (primary N) is 1. The Kier molecular flexibility index (Phi) is 7.99. The lowest BCUT2D eigenvalue weighted by Gasteiger charge is -2.36. The average Bonchev–Trinajstić information content (AvgIpc) is 2.78. The van der Waals surface area contributed by atoms with Crippen molar-refractivity contribution in [3.63, 3.8) is 0 Å². The number of piperidine rings is 1. The van der Waals surface area contributed by atoms with Gasteiger partial charge in [0, 0.05) is 41.4 Å². The summed E-state index contributed by atoms with van der Waals surface area (Å²) >= 11 is 6.03. The summed E-state index contributed by atoms with van der Waals surface area (Å²) in [6.07, 6.45) is 1.69. The van der Waals surface area contributed by atoms with Gasteiger partial charge < -0.3 is 20.7 Å². The number of likely N-dealkylation sites (tertiary alicyclic amines) is 1. The van der Waals surface area contributed by atoms with Gasteiger partial charge in [0.15, 0.2) is 0 Å². The molecule has 1 atom stereocenters. The molecule has 0 saturated carbocycles. The monoisotopic (exact) mass is 458 g/mol. The molecule has 1 saturated heterocycles. The zero-order valence-corrected chi connectivity index (χ0v) is 19.5. The van der Waals surface area contributed by atoms with Crippen LogP contribution in [0.25, 0.3) is 0 Å². The third-order valence-electron chi connectivity index (χ3n) is 5.89. The minimum Gasteiger partial charge on any atom is -0.496 e. The Morgan fingerprint density at radius 1 is 1.12 bits per heavy atom. The number of methoxy groups -OCH3 is 1. The van der Waals surface area contributed by atoms with E-state index in [-0.39, 0.29) is 11.9 Å². The van der Waals surface area contributed by atoms with Gasteiger partial charge >= 0.3 is 6.03 Å². The lowest BCUT2D eigenvalue weighted by atomic mass is 9.99. The van der Waals surface area contributed by atoms with Crippen LogP contribution in [0.2, 0.25) is 5.02 Å². The van der Waals surface area contributed by atoms with Crippen molar-refractivity contribution < 1.29 is 14.3 Å².